The molecule has 0 rings (SSSR count). The van der Waals surface area contributed by atoms with Crippen LogP contribution in [0.25, 0.3) is 0 Å². The molecule has 0 unspecified atom stereocenters. The smallest absolute Gasteiger partial charge is 0.243 e. The molecule has 268 valence electrons. The fraction of sp³-hybridized carbons (Fsp3) is 0.844. The zero-order valence-electron chi connectivity index (χ0n) is 28.3. The molecule has 0 saturated heterocycles. The summed E-state index contributed by atoms with van der Waals surface area (Å²) in [6.45, 7) is 3.42. The molecule has 0 spiro atoms. The van der Waals surface area contributed by atoms with Gasteiger partial charge in [-0.3, -0.25) is 24.0 Å². The number of carbonyl (C=O) groups is 5. The van der Waals surface area contributed by atoms with Gasteiger partial charge in [-0.1, -0.05) is 58.3 Å². The van der Waals surface area contributed by atoms with Crippen molar-refractivity contribution in [1.29, 1.82) is 0 Å². The highest BCUT2D eigenvalue weighted by atomic mass is 16.2. The molecule has 0 aromatic carbocycles. The van der Waals surface area contributed by atoms with Gasteiger partial charge in [0.15, 0.2) is 0 Å². The van der Waals surface area contributed by atoms with E-state index in [0.717, 1.165) is 25.7 Å². The Hall–Kier alpha value is -2.81. The van der Waals surface area contributed by atoms with Crippen molar-refractivity contribution in [3.63, 3.8) is 0 Å². The molecular weight excluding hydrogens is 590 g/mol. The Morgan fingerprint density at radius 3 is 1.15 bits per heavy atom. The molecule has 0 aliphatic rings. The van der Waals surface area contributed by atoms with Crippen molar-refractivity contribution < 1.29 is 24.0 Å². The molecule has 14 heteroatoms. The number of hydrogen-bond donors (Lipinski definition) is 9. The Labute approximate surface area is 276 Å². The Morgan fingerprint density at radius 1 is 0.457 bits per heavy atom. The summed E-state index contributed by atoms with van der Waals surface area (Å²) in [4.78, 5) is 64.5. The van der Waals surface area contributed by atoms with Gasteiger partial charge in [0.25, 0.3) is 0 Å². The van der Waals surface area contributed by atoms with Crippen LogP contribution in [0.5, 0.6) is 0 Å². The lowest BCUT2D eigenvalue weighted by atomic mass is 10.0. The lowest BCUT2D eigenvalue weighted by molar-refractivity contribution is -0.134. The van der Waals surface area contributed by atoms with E-state index in [1.807, 2.05) is 0 Å². The highest BCUT2D eigenvalue weighted by Crippen LogP contribution is 2.11. The molecule has 0 saturated carbocycles. The van der Waals surface area contributed by atoms with E-state index < -0.39 is 47.8 Å². The van der Waals surface area contributed by atoms with Crippen LogP contribution in [0, 0.1) is 0 Å². The lowest BCUT2D eigenvalue weighted by Gasteiger charge is -2.26. The number of primary amides is 1. The van der Waals surface area contributed by atoms with Gasteiger partial charge in [-0.2, -0.15) is 0 Å². The van der Waals surface area contributed by atoms with Crippen molar-refractivity contribution in [1.82, 2.24) is 21.3 Å². The minimum Gasteiger partial charge on any atom is -0.368 e. The van der Waals surface area contributed by atoms with E-state index in [-0.39, 0.29) is 38.3 Å². The van der Waals surface area contributed by atoms with Crippen molar-refractivity contribution in [3.8, 4) is 0 Å². The molecule has 0 heterocycles. The van der Waals surface area contributed by atoms with Gasteiger partial charge in [0.2, 0.25) is 29.5 Å². The van der Waals surface area contributed by atoms with Crippen molar-refractivity contribution in [2.75, 3.05) is 26.2 Å². The van der Waals surface area contributed by atoms with Gasteiger partial charge in [-0.05, 0) is 84.0 Å². The van der Waals surface area contributed by atoms with Crippen LogP contribution in [0.3, 0.4) is 0 Å². The molecule has 0 aromatic rings. The Morgan fingerprint density at radius 2 is 0.783 bits per heavy atom. The topological polar surface area (TPSA) is 264 Å². The van der Waals surface area contributed by atoms with Crippen molar-refractivity contribution in [2.24, 2.45) is 28.7 Å². The van der Waals surface area contributed by atoms with Crippen LogP contribution in [0.2, 0.25) is 0 Å². The third-order valence-corrected chi connectivity index (χ3v) is 7.87. The second-order valence-corrected chi connectivity index (χ2v) is 12.0. The van der Waals surface area contributed by atoms with Crippen LogP contribution >= 0.6 is 0 Å². The Balaban J connectivity index is 5.34. The molecule has 46 heavy (non-hydrogen) atoms. The van der Waals surface area contributed by atoms with Crippen LogP contribution in [0.1, 0.15) is 122 Å². The maximum absolute atomic E-state index is 13.4. The predicted octanol–water partition coefficient (Wildman–Crippen LogP) is 0.287. The van der Waals surface area contributed by atoms with Gasteiger partial charge < -0.3 is 49.9 Å². The fourth-order valence-electron chi connectivity index (χ4n) is 5.06. The second-order valence-electron chi connectivity index (χ2n) is 12.0. The summed E-state index contributed by atoms with van der Waals surface area (Å²) in [6, 6.07) is -3.83. The number of amides is 5. The first-order valence-electron chi connectivity index (χ1n) is 17.4. The maximum Gasteiger partial charge on any atom is 0.243 e. The standard InChI is InChI=1S/C32H65N9O5/c1-2-3-4-5-6-7-8-9-10-19-28(42)38-25(16-12-21-34)30(44)40-27(18-14-23-36)32(46)41-26(17-13-22-35)31(45)39-24(29(37)43)15-11-20-33/h24-27H,2-23,33-36H2,1H3,(H2,37,43)(H,38,42)(H,39,45)(H,40,44)(H,41,46)/t24-,25-,26-,27-/m0/s1. The minimum absolute atomic E-state index is 0.210. The zero-order chi connectivity index (χ0) is 34.6. The number of nitrogens with one attached hydrogen (secondary N) is 4. The van der Waals surface area contributed by atoms with Gasteiger partial charge in [0.1, 0.15) is 24.2 Å². The summed E-state index contributed by atoms with van der Waals surface area (Å²) >= 11 is 0. The molecule has 14 N–H and O–H groups in total. The second kappa shape index (κ2) is 28.4. The average Bonchev–Trinajstić information content (AvgIpc) is 3.03. The predicted molar refractivity (Wildman–Crippen MR) is 182 cm³/mol. The third-order valence-electron chi connectivity index (χ3n) is 7.87. The number of carbonyl (C=O) groups excluding carboxylic acids is 5. The van der Waals surface area contributed by atoms with Crippen LogP contribution in [0.4, 0.5) is 0 Å². The lowest BCUT2D eigenvalue weighted by Crippen LogP contribution is -2.58. The van der Waals surface area contributed by atoms with E-state index in [9.17, 15) is 24.0 Å². The Kier molecular flexibility index (Phi) is 26.7. The average molecular weight is 656 g/mol. The molecule has 0 aromatic heterocycles. The van der Waals surface area contributed by atoms with Crippen LogP contribution < -0.4 is 49.9 Å². The number of unbranched alkanes of at least 4 members (excludes halogenated alkanes) is 8. The normalized spacial score (nSPS) is 13.7. The third kappa shape index (κ3) is 21.1. The largest absolute Gasteiger partial charge is 0.368 e. The highest BCUT2D eigenvalue weighted by Gasteiger charge is 2.30. The number of hydrogen-bond acceptors (Lipinski definition) is 9. The van der Waals surface area contributed by atoms with Gasteiger partial charge in [0, 0.05) is 6.42 Å². The van der Waals surface area contributed by atoms with Crippen LogP contribution in [-0.2, 0) is 24.0 Å². The van der Waals surface area contributed by atoms with Gasteiger partial charge in [-0.25, -0.2) is 0 Å². The number of rotatable bonds is 30. The molecular formula is C32H65N9O5. The first-order chi connectivity index (χ1) is 22.1. The van der Waals surface area contributed by atoms with E-state index in [1.54, 1.807) is 0 Å². The van der Waals surface area contributed by atoms with Crippen LogP contribution in [0.15, 0.2) is 0 Å². The van der Waals surface area contributed by atoms with E-state index >= 15 is 0 Å². The first kappa shape index (κ1) is 43.2. The molecule has 0 bridgehead atoms. The minimum atomic E-state index is -1.02. The van der Waals surface area contributed by atoms with E-state index in [4.69, 9.17) is 28.7 Å². The molecule has 0 radical (unpaired) electrons. The Bertz CT molecular complexity index is 862. The zero-order valence-corrected chi connectivity index (χ0v) is 28.3. The van der Waals surface area contributed by atoms with Gasteiger partial charge in [0.05, 0.1) is 0 Å². The van der Waals surface area contributed by atoms with Crippen molar-refractivity contribution in [2.45, 2.75) is 147 Å². The van der Waals surface area contributed by atoms with Crippen molar-refractivity contribution in [3.05, 3.63) is 0 Å². The summed E-state index contributed by atoms with van der Waals surface area (Å²) < 4.78 is 0. The summed E-state index contributed by atoms with van der Waals surface area (Å²) in [5, 5.41) is 10.9. The molecule has 0 aliphatic heterocycles. The van der Waals surface area contributed by atoms with Gasteiger partial charge >= 0.3 is 0 Å². The first-order valence-corrected chi connectivity index (χ1v) is 17.4. The van der Waals surface area contributed by atoms with E-state index in [1.165, 1.54) is 32.1 Å². The molecule has 5 amide bonds. The quantitative estimate of drug-likeness (QED) is 0.0481. The molecule has 0 aliphatic carbocycles. The van der Waals surface area contributed by atoms with Gasteiger partial charge in [-0.15, -0.1) is 0 Å². The highest BCUT2D eigenvalue weighted by molar-refractivity contribution is 5.95. The monoisotopic (exact) mass is 656 g/mol. The van der Waals surface area contributed by atoms with E-state index in [2.05, 4.69) is 28.2 Å². The SMILES string of the molecule is CCCCCCCCCCCC(=O)N[C@@H](CCCN)C(=O)N[C@@H](CCCN)C(=O)N[C@@H](CCCN)C(=O)N[C@@H](CCCN)C(N)=O. The summed E-state index contributed by atoms with van der Waals surface area (Å²) in [5.74, 6) is -2.61. The summed E-state index contributed by atoms with van der Waals surface area (Å²) in [7, 11) is 0. The number of nitrogens with two attached hydrogens (primary N) is 5. The summed E-state index contributed by atoms with van der Waals surface area (Å²) in [5.41, 5.74) is 28.0. The molecule has 4 atom stereocenters. The van der Waals surface area contributed by atoms with Crippen LogP contribution in [-0.4, -0.2) is 79.9 Å². The summed E-state index contributed by atoms with van der Waals surface area (Å²) in [6.07, 6.45) is 13.3. The van der Waals surface area contributed by atoms with Crippen molar-refractivity contribution >= 4 is 29.5 Å². The molecule has 0 fully saturated rings. The maximum atomic E-state index is 13.4. The fourth-order valence-corrected chi connectivity index (χ4v) is 5.06. The molecule has 14 nitrogen and oxygen atoms in total. The van der Waals surface area contributed by atoms with E-state index in [0.29, 0.717) is 51.6 Å².